The molecule has 2 aromatic heterocycles. The number of amides is 3. The minimum atomic E-state index is -0.460. The Bertz CT molecular complexity index is 1070. The van der Waals surface area contributed by atoms with Gasteiger partial charge in [0.25, 0.3) is 0 Å². The van der Waals surface area contributed by atoms with E-state index in [1.54, 1.807) is 11.3 Å². The van der Waals surface area contributed by atoms with E-state index in [1.807, 2.05) is 41.8 Å². The van der Waals surface area contributed by atoms with Crippen molar-refractivity contribution < 1.29 is 14.4 Å². The highest BCUT2D eigenvalue weighted by atomic mass is 32.2. The number of likely N-dealkylation sites (tertiary alicyclic amines) is 1. The lowest BCUT2D eigenvalue weighted by Gasteiger charge is -2.14. The number of imide groups is 1. The molecule has 7 nitrogen and oxygen atoms in total. The second-order valence-electron chi connectivity index (χ2n) is 6.53. The molecule has 1 aliphatic heterocycles. The van der Waals surface area contributed by atoms with Gasteiger partial charge in [-0.3, -0.25) is 19.7 Å². The second kappa shape index (κ2) is 8.71. The van der Waals surface area contributed by atoms with Crippen LogP contribution in [0.15, 0.2) is 46.8 Å². The van der Waals surface area contributed by atoms with Crippen LogP contribution in [0.3, 0.4) is 0 Å². The number of fused-ring (bicyclic) bond motifs is 1. The summed E-state index contributed by atoms with van der Waals surface area (Å²) in [4.78, 5) is 47.5. The largest absolute Gasteiger partial charge is 0.333 e. The van der Waals surface area contributed by atoms with Gasteiger partial charge in [0.1, 0.15) is 5.03 Å². The summed E-state index contributed by atoms with van der Waals surface area (Å²) in [7, 11) is 0. The van der Waals surface area contributed by atoms with Gasteiger partial charge in [0.05, 0.1) is 22.7 Å². The molecule has 3 aromatic rings. The molecule has 3 heterocycles. The van der Waals surface area contributed by atoms with Gasteiger partial charge in [0.2, 0.25) is 17.7 Å². The molecule has 1 aromatic carbocycles. The summed E-state index contributed by atoms with van der Waals surface area (Å²) >= 11 is 2.81. The van der Waals surface area contributed by atoms with Crippen LogP contribution in [0.1, 0.15) is 12.8 Å². The topological polar surface area (TPSA) is 92.3 Å². The number of benzene rings is 1. The first kappa shape index (κ1) is 19.5. The van der Waals surface area contributed by atoms with Crippen molar-refractivity contribution in [3.05, 3.63) is 41.8 Å². The molecule has 148 valence electrons. The molecule has 0 radical (unpaired) electrons. The Kier molecular flexibility index (Phi) is 5.86. The number of thiophene rings is 1. The van der Waals surface area contributed by atoms with Crippen molar-refractivity contribution in [2.75, 3.05) is 18.8 Å². The first-order valence-corrected chi connectivity index (χ1v) is 11.0. The molecular formula is C20H18N4O3S2. The van der Waals surface area contributed by atoms with Crippen LogP contribution >= 0.6 is 23.1 Å². The molecule has 1 saturated heterocycles. The molecule has 0 unspecified atom stereocenters. The van der Waals surface area contributed by atoms with Crippen molar-refractivity contribution in [3.8, 4) is 10.7 Å². The number of rotatable bonds is 6. The highest BCUT2D eigenvalue weighted by Gasteiger charge is 2.23. The maximum absolute atomic E-state index is 12.2. The standard InChI is InChI=1S/C20H18N4O3S2/c25-16(11-24-9-3-8-18(24)27)22-17(26)12-29-20-13-5-1-2-6-14(13)21-19(23-20)15-7-4-10-28-15/h1-2,4-7,10H,3,8-9,11-12H2,(H,22,25,26). The molecule has 1 fully saturated rings. The van der Waals surface area contributed by atoms with Crippen molar-refractivity contribution in [2.45, 2.75) is 17.9 Å². The smallest absolute Gasteiger partial charge is 0.246 e. The number of hydrogen-bond acceptors (Lipinski definition) is 7. The molecule has 3 amide bonds. The Labute approximate surface area is 175 Å². The van der Waals surface area contributed by atoms with Crippen LogP contribution in [-0.2, 0) is 14.4 Å². The van der Waals surface area contributed by atoms with E-state index in [2.05, 4.69) is 15.3 Å². The van der Waals surface area contributed by atoms with Crippen molar-refractivity contribution in [1.29, 1.82) is 0 Å². The molecule has 0 bridgehead atoms. The first-order chi connectivity index (χ1) is 14.1. The second-order valence-corrected chi connectivity index (χ2v) is 8.44. The van der Waals surface area contributed by atoms with Crippen LogP contribution in [0, 0.1) is 0 Å². The van der Waals surface area contributed by atoms with E-state index in [9.17, 15) is 14.4 Å². The molecule has 1 N–H and O–H groups in total. The Morgan fingerprint density at radius 2 is 2.00 bits per heavy atom. The fourth-order valence-corrected chi connectivity index (χ4v) is 4.56. The van der Waals surface area contributed by atoms with Crippen LogP contribution in [0.5, 0.6) is 0 Å². The zero-order chi connectivity index (χ0) is 20.2. The molecule has 0 spiro atoms. The van der Waals surface area contributed by atoms with Crippen molar-refractivity contribution in [2.24, 2.45) is 0 Å². The summed E-state index contributed by atoms with van der Waals surface area (Å²) in [5, 5.41) is 5.87. The SMILES string of the molecule is O=C(CSc1nc(-c2cccs2)nc2ccccc12)NC(=O)CN1CCCC1=O. The molecule has 0 atom stereocenters. The average molecular weight is 427 g/mol. The predicted octanol–water partition coefficient (Wildman–Crippen LogP) is 2.72. The fourth-order valence-electron chi connectivity index (χ4n) is 3.08. The third kappa shape index (κ3) is 4.63. The van der Waals surface area contributed by atoms with Gasteiger partial charge in [0, 0.05) is 18.4 Å². The van der Waals surface area contributed by atoms with Gasteiger partial charge < -0.3 is 4.90 Å². The number of carbonyl (C=O) groups is 3. The van der Waals surface area contributed by atoms with E-state index >= 15 is 0 Å². The third-order valence-corrected chi connectivity index (χ3v) is 6.29. The number of nitrogens with one attached hydrogen (secondary N) is 1. The van der Waals surface area contributed by atoms with Gasteiger partial charge in [-0.2, -0.15) is 0 Å². The Hall–Kier alpha value is -2.78. The molecular weight excluding hydrogens is 408 g/mol. The minimum Gasteiger partial charge on any atom is -0.333 e. The van der Waals surface area contributed by atoms with Gasteiger partial charge >= 0.3 is 0 Å². The van der Waals surface area contributed by atoms with Crippen LogP contribution in [0.25, 0.3) is 21.6 Å². The van der Waals surface area contributed by atoms with Gasteiger partial charge in [-0.15, -0.1) is 11.3 Å². The highest BCUT2D eigenvalue weighted by Crippen LogP contribution is 2.29. The quantitative estimate of drug-likeness (QED) is 0.481. The number of hydrogen-bond donors (Lipinski definition) is 1. The number of carbonyl (C=O) groups excluding carboxylic acids is 3. The van der Waals surface area contributed by atoms with Crippen molar-refractivity contribution in [3.63, 3.8) is 0 Å². The number of aromatic nitrogens is 2. The normalized spacial score (nSPS) is 13.8. The summed E-state index contributed by atoms with van der Waals surface area (Å²) < 4.78 is 0. The van der Waals surface area contributed by atoms with Crippen molar-refractivity contribution >= 4 is 51.7 Å². The number of para-hydroxylation sites is 1. The molecule has 0 aliphatic carbocycles. The Balaban J connectivity index is 1.44. The van der Waals surface area contributed by atoms with E-state index in [-0.39, 0.29) is 18.2 Å². The average Bonchev–Trinajstić information content (AvgIpc) is 3.38. The van der Waals surface area contributed by atoms with E-state index in [4.69, 9.17) is 0 Å². The van der Waals surface area contributed by atoms with E-state index < -0.39 is 11.8 Å². The lowest BCUT2D eigenvalue weighted by atomic mass is 10.2. The summed E-state index contributed by atoms with van der Waals surface area (Å²) in [6.07, 6.45) is 1.22. The van der Waals surface area contributed by atoms with Gasteiger partial charge in [-0.05, 0) is 23.9 Å². The first-order valence-electron chi connectivity index (χ1n) is 9.14. The Morgan fingerprint density at radius 3 is 2.76 bits per heavy atom. The summed E-state index contributed by atoms with van der Waals surface area (Å²) in [6, 6.07) is 11.5. The molecule has 4 rings (SSSR count). The van der Waals surface area contributed by atoms with Crippen LogP contribution in [0.2, 0.25) is 0 Å². The highest BCUT2D eigenvalue weighted by molar-refractivity contribution is 8.00. The lowest BCUT2D eigenvalue weighted by molar-refractivity contribution is -0.135. The number of thioether (sulfide) groups is 1. The van der Waals surface area contributed by atoms with E-state index in [1.165, 1.54) is 16.7 Å². The maximum Gasteiger partial charge on any atom is 0.246 e. The van der Waals surface area contributed by atoms with E-state index in [0.29, 0.717) is 23.8 Å². The monoisotopic (exact) mass is 426 g/mol. The molecule has 1 aliphatic rings. The summed E-state index contributed by atoms with van der Waals surface area (Å²) in [6.45, 7) is 0.488. The van der Waals surface area contributed by atoms with Crippen LogP contribution < -0.4 is 5.32 Å². The lowest BCUT2D eigenvalue weighted by Crippen LogP contribution is -2.41. The van der Waals surface area contributed by atoms with Gasteiger partial charge in [-0.1, -0.05) is 36.0 Å². The van der Waals surface area contributed by atoms with E-state index in [0.717, 1.165) is 22.2 Å². The fraction of sp³-hybridized carbons (Fsp3) is 0.250. The molecule has 29 heavy (non-hydrogen) atoms. The van der Waals surface area contributed by atoms with Crippen LogP contribution in [0.4, 0.5) is 0 Å². The molecule has 9 heteroatoms. The number of nitrogens with zero attached hydrogens (tertiary/aromatic N) is 3. The Morgan fingerprint density at radius 1 is 1.14 bits per heavy atom. The van der Waals surface area contributed by atoms with Gasteiger partial charge in [-0.25, -0.2) is 9.97 Å². The van der Waals surface area contributed by atoms with Crippen LogP contribution in [-0.4, -0.2) is 51.4 Å². The summed E-state index contributed by atoms with van der Waals surface area (Å²) in [5.74, 6) is -0.254. The zero-order valence-electron chi connectivity index (χ0n) is 15.5. The zero-order valence-corrected chi connectivity index (χ0v) is 17.1. The predicted molar refractivity (Wildman–Crippen MR) is 113 cm³/mol. The maximum atomic E-state index is 12.2. The summed E-state index contributed by atoms with van der Waals surface area (Å²) in [5.41, 5.74) is 0.803. The third-order valence-electron chi connectivity index (χ3n) is 4.43. The molecule has 0 saturated carbocycles. The van der Waals surface area contributed by atoms with Gasteiger partial charge in [0.15, 0.2) is 5.82 Å². The van der Waals surface area contributed by atoms with Crippen molar-refractivity contribution in [1.82, 2.24) is 20.2 Å². The minimum absolute atomic E-state index is 0.0458.